The third-order valence-electron chi connectivity index (χ3n) is 3.02. The maximum Gasteiger partial charge on any atom is 0.323 e. The van der Waals surface area contributed by atoms with E-state index in [4.69, 9.17) is 10.5 Å². The van der Waals surface area contributed by atoms with Crippen molar-refractivity contribution in [3.8, 4) is 6.01 Å². The highest BCUT2D eigenvalue weighted by Gasteiger charge is 2.35. The fourth-order valence-corrected chi connectivity index (χ4v) is 1.12. The number of hydrogen-bond donors (Lipinski definition) is 3. The van der Waals surface area contributed by atoms with Gasteiger partial charge in [-0.15, -0.1) is 0 Å². The molecule has 1 aromatic rings. The molecule has 1 aromatic heterocycles. The predicted octanol–water partition coefficient (Wildman–Crippen LogP) is 1.20. The minimum atomic E-state index is -0.959. The lowest BCUT2D eigenvalue weighted by molar-refractivity contribution is 0.0236. The van der Waals surface area contributed by atoms with Crippen LogP contribution in [0.1, 0.15) is 41.0 Å². The van der Waals surface area contributed by atoms with E-state index in [1.165, 1.54) is 0 Å². The Morgan fingerprint density at radius 2 is 1.84 bits per heavy atom. The molecule has 7 heteroatoms. The highest BCUT2D eigenvalue weighted by Crippen LogP contribution is 2.25. The summed E-state index contributed by atoms with van der Waals surface area (Å²) in [5.41, 5.74) is 4.02. The number of nitrogens with one attached hydrogen (secondary N) is 1. The maximum absolute atomic E-state index is 10.1. The molecular weight excluding hydrogens is 246 g/mol. The summed E-state index contributed by atoms with van der Waals surface area (Å²) in [7, 11) is 0. The molecule has 0 saturated carbocycles. The van der Waals surface area contributed by atoms with Crippen molar-refractivity contribution in [1.29, 1.82) is 0 Å². The van der Waals surface area contributed by atoms with E-state index >= 15 is 0 Å². The van der Waals surface area contributed by atoms with Gasteiger partial charge in [-0.05, 0) is 34.1 Å². The molecule has 0 unspecified atom stereocenters. The van der Waals surface area contributed by atoms with E-state index in [1.54, 1.807) is 13.8 Å². The average molecular weight is 269 g/mol. The van der Waals surface area contributed by atoms with Gasteiger partial charge in [-0.3, -0.25) is 0 Å². The molecule has 7 nitrogen and oxygen atoms in total. The Bertz CT molecular complexity index is 429. The standard InChI is InChI=1S/C12H23N5O2/c1-6-7-19-10-15-8(13)14-9(16-10)17-11(2,3)12(4,5)18/h18H,6-7H2,1-5H3,(H3,13,14,15,16,17). The van der Waals surface area contributed by atoms with Gasteiger partial charge in [0.1, 0.15) is 0 Å². The van der Waals surface area contributed by atoms with Crippen molar-refractivity contribution >= 4 is 11.9 Å². The SMILES string of the molecule is CCCOc1nc(N)nc(NC(C)(C)C(C)(C)O)n1. The summed E-state index contributed by atoms with van der Waals surface area (Å²) >= 11 is 0. The fraction of sp³-hybridized carbons (Fsp3) is 0.750. The lowest BCUT2D eigenvalue weighted by Gasteiger charge is -2.37. The van der Waals surface area contributed by atoms with Gasteiger partial charge in [0, 0.05) is 0 Å². The Kier molecular flexibility index (Phi) is 4.52. The molecule has 0 bridgehead atoms. The first-order chi connectivity index (χ1) is 8.65. The van der Waals surface area contributed by atoms with Crippen LogP contribution in [0.2, 0.25) is 0 Å². The van der Waals surface area contributed by atoms with Crippen molar-refractivity contribution in [2.24, 2.45) is 0 Å². The predicted molar refractivity (Wildman–Crippen MR) is 74.0 cm³/mol. The van der Waals surface area contributed by atoms with Crippen LogP contribution in [0.3, 0.4) is 0 Å². The minimum Gasteiger partial charge on any atom is -0.463 e. The topological polar surface area (TPSA) is 106 Å². The molecule has 19 heavy (non-hydrogen) atoms. The third-order valence-corrected chi connectivity index (χ3v) is 3.02. The highest BCUT2D eigenvalue weighted by molar-refractivity contribution is 5.36. The van der Waals surface area contributed by atoms with E-state index in [-0.39, 0.29) is 17.9 Å². The first kappa shape index (κ1) is 15.4. The Morgan fingerprint density at radius 1 is 1.21 bits per heavy atom. The number of nitrogens with two attached hydrogens (primary N) is 1. The van der Waals surface area contributed by atoms with Crippen LogP contribution in [0.15, 0.2) is 0 Å². The van der Waals surface area contributed by atoms with Gasteiger partial charge in [0.25, 0.3) is 0 Å². The summed E-state index contributed by atoms with van der Waals surface area (Å²) < 4.78 is 5.33. The second-order valence-corrected chi connectivity index (χ2v) is 5.46. The maximum atomic E-state index is 10.1. The van der Waals surface area contributed by atoms with Crippen LogP contribution in [0.25, 0.3) is 0 Å². The number of nitrogens with zero attached hydrogens (tertiary/aromatic N) is 3. The van der Waals surface area contributed by atoms with Crippen molar-refractivity contribution in [1.82, 2.24) is 15.0 Å². The quantitative estimate of drug-likeness (QED) is 0.712. The van der Waals surface area contributed by atoms with Crippen LogP contribution in [0.5, 0.6) is 6.01 Å². The largest absolute Gasteiger partial charge is 0.463 e. The molecule has 0 radical (unpaired) electrons. The van der Waals surface area contributed by atoms with Gasteiger partial charge < -0.3 is 20.9 Å². The Balaban J connectivity index is 2.92. The summed E-state index contributed by atoms with van der Waals surface area (Å²) in [6.07, 6.45) is 0.851. The molecule has 0 amide bonds. The summed E-state index contributed by atoms with van der Waals surface area (Å²) in [6, 6.07) is 0.184. The van der Waals surface area contributed by atoms with Crippen molar-refractivity contribution in [2.45, 2.75) is 52.2 Å². The lowest BCUT2D eigenvalue weighted by Crippen LogP contribution is -2.51. The van der Waals surface area contributed by atoms with Crippen LogP contribution in [-0.2, 0) is 0 Å². The number of ether oxygens (including phenoxy) is 1. The van der Waals surface area contributed by atoms with Crippen LogP contribution in [0, 0.1) is 0 Å². The number of aromatic nitrogens is 3. The monoisotopic (exact) mass is 269 g/mol. The molecule has 0 aliphatic carbocycles. The molecule has 0 aliphatic rings. The molecule has 0 aromatic carbocycles. The van der Waals surface area contributed by atoms with E-state index in [0.29, 0.717) is 6.61 Å². The lowest BCUT2D eigenvalue weighted by atomic mass is 9.86. The first-order valence-electron chi connectivity index (χ1n) is 6.30. The van der Waals surface area contributed by atoms with Crippen LogP contribution < -0.4 is 15.8 Å². The van der Waals surface area contributed by atoms with E-state index in [2.05, 4.69) is 20.3 Å². The third kappa shape index (κ3) is 4.20. The van der Waals surface area contributed by atoms with Crippen molar-refractivity contribution in [3.05, 3.63) is 0 Å². The van der Waals surface area contributed by atoms with Crippen LogP contribution >= 0.6 is 0 Å². The van der Waals surface area contributed by atoms with Gasteiger partial charge in [-0.2, -0.15) is 15.0 Å². The summed E-state index contributed by atoms with van der Waals surface area (Å²) in [5, 5.41) is 13.1. The van der Waals surface area contributed by atoms with Crippen LogP contribution in [0.4, 0.5) is 11.9 Å². The molecule has 0 saturated heterocycles. The van der Waals surface area contributed by atoms with Gasteiger partial charge >= 0.3 is 6.01 Å². The van der Waals surface area contributed by atoms with Gasteiger partial charge in [0.15, 0.2) is 0 Å². The zero-order valence-electron chi connectivity index (χ0n) is 12.2. The zero-order valence-corrected chi connectivity index (χ0v) is 12.2. The zero-order chi connectivity index (χ0) is 14.7. The molecule has 0 atom stereocenters. The molecule has 0 fully saturated rings. The van der Waals surface area contributed by atoms with Gasteiger partial charge in [-0.25, -0.2) is 0 Å². The fourth-order valence-electron chi connectivity index (χ4n) is 1.12. The Labute approximate surface area is 113 Å². The average Bonchev–Trinajstić information content (AvgIpc) is 2.23. The Morgan fingerprint density at radius 3 is 2.37 bits per heavy atom. The van der Waals surface area contributed by atoms with E-state index in [9.17, 15) is 5.11 Å². The van der Waals surface area contributed by atoms with Gasteiger partial charge in [0.05, 0.1) is 17.7 Å². The molecule has 1 rings (SSSR count). The van der Waals surface area contributed by atoms with Crippen molar-refractivity contribution in [3.63, 3.8) is 0 Å². The second-order valence-electron chi connectivity index (χ2n) is 5.46. The number of hydrogen-bond acceptors (Lipinski definition) is 7. The Hall–Kier alpha value is -1.63. The van der Waals surface area contributed by atoms with Crippen LogP contribution in [-0.4, -0.2) is 37.8 Å². The molecular formula is C12H23N5O2. The van der Waals surface area contributed by atoms with E-state index in [0.717, 1.165) is 6.42 Å². The van der Waals surface area contributed by atoms with Gasteiger partial charge in [0.2, 0.25) is 11.9 Å². The van der Waals surface area contributed by atoms with Gasteiger partial charge in [-0.1, -0.05) is 6.92 Å². The summed E-state index contributed by atoms with van der Waals surface area (Å²) in [4.78, 5) is 12.0. The smallest absolute Gasteiger partial charge is 0.323 e. The summed E-state index contributed by atoms with van der Waals surface area (Å²) in [5.74, 6) is 0.362. The van der Waals surface area contributed by atoms with Crippen molar-refractivity contribution < 1.29 is 9.84 Å². The normalized spacial score (nSPS) is 12.3. The minimum absolute atomic E-state index is 0.0788. The summed E-state index contributed by atoms with van der Waals surface area (Å²) in [6.45, 7) is 9.61. The number of nitrogen functional groups attached to an aromatic ring is 1. The van der Waals surface area contributed by atoms with E-state index in [1.807, 2.05) is 20.8 Å². The molecule has 1 heterocycles. The molecule has 0 spiro atoms. The van der Waals surface area contributed by atoms with Crippen molar-refractivity contribution in [2.75, 3.05) is 17.7 Å². The van der Waals surface area contributed by atoms with E-state index < -0.39 is 11.1 Å². The first-order valence-corrected chi connectivity index (χ1v) is 6.30. The molecule has 0 aliphatic heterocycles. The number of aliphatic hydroxyl groups is 1. The highest BCUT2D eigenvalue weighted by atomic mass is 16.5. The molecule has 108 valence electrons. The molecule has 4 N–H and O–H groups in total. The number of rotatable bonds is 6. The number of anilines is 2. The second kappa shape index (κ2) is 5.56.